The summed E-state index contributed by atoms with van der Waals surface area (Å²) in [4.78, 5) is 12.5. The van der Waals surface area contributed by atoms with E-state index in [0.717, 1.165) is 12.8 Å². The van der Waals surface area contributed by atoms with Crippen LogP contribution in [0.15, 0.2) is 36.4 Å². The Hall–Kier alpha value is -2.49. The van der Waals surface area contributed by atoms with E-state index in [1.807, 2.05) is 12.1 Å². The van der Waals surface area contributed by atoms with Crippen molar-refractivity contribution in [3.8, 4) is 11.5 Å². The third kappa shape index (κ3) is 3.47. The number of amides is 1. The minimum atomic E-state index is -0.117. The van der Waals surface area contributed by atoms with Crippen LogP contribution in [0.2, 0.25) is 0 Å². The van der Waals surface area contributed by atoms with Gasteiger partial charge in [-0.1, -0.05) is 6.07 Å². The largest absolute Gasteiger partial charge is 0.497 e. The zero-order valence-corrected chi connectivity index (χ0v) is 13.5. The van der Waals surface area contributed by atoms with Crippen LogP contribution in [-0.2, 0) is 12.8 Å². The molecule has 1 aliphatic carbocycles. The molecule has 1 aliphatic rings. The van der Waals surface area contributed by atoms with Gasteiger partial charge in [-0.05, 0) is 48.9 Å². The minimum Gasteiger partial charge on any atom is -0.497 e. The highest BCUT2D eigenvalue weighted by molar-refractivity contribution is 6.04. The highest BCUT2D eigenvalue weighted by atomic mass is 16.5. The molecule has 3 rings (SSSR count). The van der Waals surface area contributed by atoms with E-state index < -0.39 is 0 Å². The average Bonchev–Trinajstić information content (AvgIpc) is 2.60. The average molecular weight is 311 g/mol. The van der Waals surface area contributed by atoms with Crippen molar-refractivity contribution in [3.63, 3.8) is 0 Å². The third-order valence-electron chi connectivity index (χ3n) is 4.22. The van der Waals surface area contributed by atoms with Crippen LogP contribution < -0.4 is 14.8 Å². The quantitative estimate of drug-likeness (QED) is 0.933. The fourth-order valence-corrected chi connectivity index (χ4v) is 2.96. The summed E-state index contributed by atoms with van der Waals surface area (Å²) in [6, 6.07) is 11.3. The number of ether oxygens (including phenoxy) is 2. The van der Waals surface area contributed by atoms with Crippen LogP contribution in [0.4, 0.5) is 5.69 Å². The number of anilines is 1. The molecule has 1 amide bonds. The van der Waals surface area contributed by atoms with Crippen LogP contribution in [-0.4, -0.2) is 20.1 Å². The van der Waals surface area contributed by atoms with Crippen molar-refractivity contribution in [2.24, 2.45) is 0 Å². The molecule has 0 fully saturated rings. The summed E-state index contributed by atoms with van der Waals surface area (Å²) >= 11 is 0. The molecule has 23 heavy (non-hydrogen) atoms. The van der Waals surface area contributed by atoms with Gasteiger partial charge in [-0.2, -0.15) is 0 Å². The number of hydrogen-bond donors (Lipinski definition) is 1. The van der Waals surface area contributed by atoms with Gasteiger partial charge in [-0.3, -0.25) is 4.79 Å². The van der Waals surface area contributed by atoms with E-state index in [4.69, 9.17) is 9.47 Å². The maximum atomic E-state index is 12.5. The second-order valence-electron chi connectivity index (χ2n) is 5.75. The van der Waals surface area contributed by atoms with Crippen LogP contribution >= 0.6 is 0 Å². The maximum absolute atomic E-state index is 12.5. The molecule has 0 spiro atoms. The summed E-state index contributed by atoms with van der Waals surface area (Å²) in [6.07, 6.45) is 4.61. The van der Waals surface area contributed by atoms with Crippen molar-refractivity contribution in [2.45, 2.75) is 25.7 Å². The van der Waals surface area contributed by atoms with E-state index in [1.54, 1.807) is 32.4 Å². The molecule has 4 heteroatoms. The summed E-state index contributed by atoms with van der Waals surface area (Å²) in [5, 5.41) is 2.92. The number of carbonyl (C=O) groups is 1. The molecular formula is C19H21NO3. The first-order valence-electron chi connectivity index (χ1n) is 7.86. The number of hydrogen-bond acceptors (Lipinski definition) is 3. The lowest BCUT2D eigenvalue weighted by Crippen LogP contribution is -2.13. The molecule has 0 aliphatic heterocycles. The Balaban J connectivity index is 1.81. The SMILES string of the molecule is COc1cc(NC(=O)c2ccc3c(c2)CCCC3)cc(OC)c1. The Labute approximate surface area is 136 Å². The third-order valence-corrected chi connectivity index (χ3v) is 4.22. The summed E-state index contributed by atoms with van der Waals surface area (Å²) in [5.74, 6) is 1.17. The second kappa shape index (κ2) is 6.73. The fourth-order valence-electron chi connectivity index (χ4n) is 2.96. The van der Waals surface area contributed by atoms with Gasteiger partial charge in [0.15, 0.2) is 0 Å². The van der Waals surface area contributed by atoms with Gasteiger partial charge in [0, 0.05) is 29.4 Å². The first-order valence-corrected chi connectivity index (χ1v) is 7.86. The number of nitrogens with one attached hydrogen (secondary N) is 1. The van der Waals surface area contributed by atoms with Gasteiger partial charge in [-0.25, -0.2) is 0 Å². The van der Waals surface area contributed by atoms with Crippen molar-refractivity contribution >= 4 is 11.6 Å². The molecule has 0 radical (unpaired) electrons. The molecule has 0 aromatic heterocycles. The van der Waals surface area contributed by atoms with Crippen LogP contribution in [0.25, 0.3) is 0 Å². The highest BCUT2D eigenvalue weighted by Gasteiger charge is 2.13. The number of methoxy groups -OCH3 is 2. The van der Waals surface area contributed by atoms with Crippen molar-refractivity contribution in [1.29, 1.82) is 0 Å². The zero-order valence-electron chi connectivity index (χ0n) is 13.5. The molecule has 0 unspecified atom stereocenters. The Morgan fingerprint density at radius 3 is 2.22 bits per heavy atom. The lowest BCUT2D eigenvalue weighted by molar-refractivity contribution is 0.102. The van der Waals surface area contributed by atoms with Gasteiger partial charge in [0.05, 0.1) is 14.2 Å². The van der Waals surface area contributed by atoms with Crippen LogP contribution in [0.1, 0.15) is 34.3 Å². The normalized spacial score (nSPS) is 13.1. The molecule has 1 N–H and O–H groups in total. The highest BCUT2D eigenvalue weighted by Crippen LogP contribution is 2.27. The molecule has 0 atom stereocenters. The van der Waals surface area contributed by atoms with Gasteiger partial charge in [0.1, 0.15) is 11.5 Å². The number of fused-ring (bicyclic) bond motifs is 1. The zero-order chi connectivity index (χ0) is 16.2. The van der Waals surface area contributed by atoms with Crippen LogP contribution in [0, 0.1) is 0 Å². The lowest BCUT2D eigenvalue weighted by atomic mass is 9.90. The Morgan fingerprint density at radius 1 is 0.913 bits per heavy atom. The number of rotatable bonds is 4. The first-order chi connectivity index (χ1) is 11.2. The van der Waals surface area contributed by atoms with Gasteiger partial charge >= 0.3 is 0 Å². The van der Waals surface area contributed by atoms with Gasteiger partial charge in [-0.15, -0.1) is 0 Å². The second-order valence-corrected chi connectivity index (χ2v) is 5.75. The lowest BCUT2D eigenvalue weighted by Gasteiger charge is -2.16. The molecule has 0 saturated heterocycles. The maximum Gasteiger partial charge on any atom is 0.255 e. The minimum absolute atomic E-state index is 0.117. The van der Waals surface area contributed by atoms with E-state index in [9.17, 15) is 4.79 Å². The fraction of sp³-hybridized carbons (Fsp3) is 0.316. The van der Waals surface area contributed by atoms with Crippen LogP contribution in [0.3, 0.4) is 0 Å². The first kappa shape index (κ1) is 15.4. The topological polar surface area (TPSA) is 47.6 Å². The Bertz CT molecular complexity index is 702. The molecule has 2 aromatic rings. The summed E-state index contributed by atoms with van der Waals surface area (Å²) < 4.78 is 10.5. The van der Waals surface area contributed by atoms with E-state index in [-0.39, 0.29) is 5.91 Å². The number of carbonyl (C=O) groups excluding carboxylic acids is 1. The smallest absolute Gasteiger partial charge is 0.255 e. The monoisotopic (exact) mass is 311 g/mol. The molecule has 0 heterocycles. The summed E-state index contributed by atoms with van der Waals surface area (Å²) in [7, 11) is 3.17. The van der Waals surface area contributed by atoms with Crippen molar-refractivity contribution in [3.05, 3.63) is 53.1 Å². The van der Waals surface area contributed by atoms with E-state index in [2.05, 4.69) is 11.4 Å². The molecule has 0 saturated carbocycles. The Morgan fingerprint density at radius 2 is 1.57 bits per heavy atom. The van der Waals surface area contributed by atoms with Gasteiger partial charge in [0.25, 0.3) is 5.91 Å². The van der Waals surface area contributed by atoms with Crippen LogP contribution in [0.5, 0.6) is 11.5 Å². The summed E-state index contributed by atoms with van der Waals surface area (Å²) in [5.41, 5.74) is 4.01. The van der Waals surface area contributed by atoms with Crippen molar-refractivity contribution < 1.29 is 14.3 Å². The van der Waals surface area contributed by atoms with Crippen molar-refractivity contribution in [2.75, 3.05) is 19.5 Å². The number of benzene rings is 2. The van der Waals surface area contributed by atoms with Gasteiger partial charge in [0.2, 0.25) is 0 Å². The van der Waals surface area contributed by atoms with E-state index in [1.165, 1.54) is 24.0 Å². The molecule has 0 bridgehead atoms. The van der Waals surface area contributed by atoms with E-state index >= 15 is 0 Å². The standard InChI is InChI=1S/C19H21NO3/c1-22-17-10-16(11-18(12-17)23-2)20-19(21)15-8-7-13-5-3-4-6-14(13)9-15/h7-12H,3-6H2,1-2H3,(H,20,21). The van der Waals surface area contributed by atoms with Gasteiger partial charge < -0.3 is 14.8 Å². The predicted octanol–water partition coefficient (Wildman–Crippen LogP) is 3.83. The Kier molecular flexibility index (Phi) is 4.51. The van der Waals surface area contributed by atoms with Crippen molar-refractivity contribution in [1.82, 2.24) is 0 Å². The molecule has 2 aromatic carbocycles. The van der Waals surface area contributed by atoms with E-state index in [0.29, 0.717) is 22.7 Å². The predicted molar refractivity (Wildman–Crippen MR) is 90.6 cm³/mol. The molecule has 120 valence electrons. The summed E-state index contributed by atoms with van der Waals surface area (Å²) in [6.45, 7) is 0. The number of aryl methyl sites for hydroxylation is 2. The molecule has 4 nitrogen and oxygen atoms in total. The molecular weight excluding hydrogens is 290 g/mol.